The molecule has 0 saturated carbocycles. The van der Waals surface area contributed by atoms with Crippen LogP contribution in [0.15, 0.2) is 54.6 Å². The highest BCUT2D eigenvalue weighted by Gasteiger charge is 2.30. The maximum Gasteiger partial charge on any atom is 0.416 e. The number of ether oxygens (including phenoxy) is 1. The molecule has 1 amide bonds. The molecule has 0 aromatic heterocycles. The first-order chi connectivity index (χ1) is 12.7. The molecule has 2 rings (SSSR count). The highest BCUT2D eigenvalue weighted by atomic mass is 19.4. The van der Waals surface area contributed by atoms with Gasteiger partial charge in [-0.15, -0.1) is 0 Å². The van der Waals surface area contributed by atoms with Gasteiger partial charge < -0.3 is 10.1 Å². The Morgan fingerprint density at radius 3 is 2.44 bits per heavy atom. The summed E-state index contributed by atoms with van der Waals surface area (Å²) in [6.07, 6.45) is -2.39. The minimum Gasteiger partial charge on any atom is -0.452 e. The Kier molecular flexibility index (Phi) is 6.70. The number of carbonyl (C=O) groups is 2. The van der Waals surface area contributed by atoms with Crippen molar-refractivity contribution in [2.75, 3.05) is 6.61 Å². The fourth-order valence-corrected chi connectivity index (χ4v) is 2.02. The lowest BCUT2D eigenvalue weighted by molar-refractivity contribution is -0.143. The number of halogens is 4. The lowest BCUT2D eigenvalue weighted by Gasteiger charge is -2.07. The number of benzene rings is 2. The van der Waals surface area contributed by atoms with Crippen LogP contribution in [-0.2, 0) is 27.0 Å². The van der Waals surface area contributed by atoms with Gasteiger partial charge in [-0.1, -0.05) is 24.3 Å². The molecule has 0 unspecified atom stereocenters. The maximum atomic E-state index is 12.8. The van der Waals surface area contributed by atoms with E-state index in [1.165, 1.54) is 36.4 Å². The molecule has 0 saturated heterocycles. The normalized spacial score (nSPS) is 11.4. The van der Waals surface area contributed by atoms with Crippen molar-refractivity contribution in [1.29, 1.82) is 0 Å². The third kappa shape index (κ3) is 6.93. The fraction of sp³-hybridized carbons (Fsp3) is 0.158. The number of carbonyl (C=O) groups excluding carboxylic acids is 2. The summed E-state index contributed by atoms with van der Waals surface area (Å²) < 4.78 is 55.3. The van der Waals surface area contributed by atoms with E-state index in [0.717, 1.165) is 24.3 Å². The summed E-state index contributed by atoms with van der Waals surface area (Å²) in [7, 11) is 0. The standard InChI is InChI=1S/C19H15F4NO3/c20-16-7-4-14(5-8-16)11-24-17(25)12-27-18(26)9-6-13-2-1-3-15(10-13)19(21,22)23/h1-10H,11-12H2,(H,24,25)/b9-6+. The van der Waals surface area contributed by atoms with Gasteiger partial charge in [0.1, 0.15) is 5.82 Å². The number of nitrogens with one attached hydrogen (secondary N) is 1. The lowest BCUT2D eigenvalue weighted by atomic mass is 10.1. The van der Waals surface area contributed by atoms with Crippen LogP contribution in [0.2, 0.25) is 0 Å². The van der Waals surface area contributed by atoms with Crippen LogP contribution in [0.5, 0.6) is 0 Å². The Balaban J connectivity index is 1.79. The third-order valence-electron chi connectivity index (χ3n) is 3.37. The molecule has 0 aliphatic heterocycles. The number of alkyl halides is 3. The number of rotatable bonds is 6. The molecule has 4 nitrogen and oxygen atoms in total. The number of hydrogen-bond donors (Lipinski definition) is 1. The average Bonchev–Trinajstić information content (AvgIpc) is 2.64. The molecular formula is C19H15F4NO3. The first-order valence-corrected chi connectivity index (χ1v) is 7.77. The Morgan fingerprint density at radius 2 is 1.78 bits per heavy atom. The van der Waals surface area contributed by atoms with Gasteiger partial charge in [0.2, 0.25) is 0 Å². The predicted octanol–water partition coefficient (Wildman–Crippen LogP) is 3.72. The highest BCUT2D eigenvalue weighted by Crippen LogP contribution is 2.29. The second-order valence-electron chi connectivity index (χ2n) is 5.47. The SMILES string of the molecule is O=C(COC(=O)/C=C/c1cccc(C(F)(F)F)c1)NCc1ccc(F)cc1. The van der Waals surface area contributed by atoms with Crippen LogP contribution < -0.4 is 5.32 Å². The Bertz CT molecular complexity index is 830. The maximum absolute atomic E-state index is 12.8. The summed E-state index contributed by atoms with van der Waals surface area (Å²) in [4.78, 5) is 23.2. The molecule has 1 N–H and O–H groups in total. The first-order valence-electron chi connectivity index (χ1n) is 7.77. The van der Waals surface area contributed by atoms with E-state index < -0.39 is 36.0 Å². The number of amides is 1. The summed E-state index contributed by atoms with van der Waals surface area (Å²) >= 11 is 0. The van der Waals surface area contributed by atoms with Crippen LogP contribution >= 0.6 is 0 Å². The number of esters is 1. The van der Waals surface area contributed by atoms with E-state index in [4.69, 9.17) is 4.74 Å². The van der Waals surface area contributed by atoms with Crippen LogP contribution in [0.3, 0.4) is 0 Å². The second-order valence-corrected chi connectivity index (χ2v) is 5.47. The van der Waals surface area contributed by atoms with Gasteiger partial charge in [-0.2, -0.15) is 13.2 Å². The van der Waals surface area contributed by atoms with Crippen molar-refractivity contribution < 1.29 is 31.9 Å². The summed E-state index contributed by atoms with van der Waals surface area (Å²) in [6, 6.07) is 9.92. The smallest absolute Gasteiger partial charge is 0.416 e. The van der Waals surface area contributed by atoms with Crippen LogP contribution in [0, 0.1) is 5.82 Å². The van der Waals surface area contributed by atoms with E-state index in [-0.39, 0.29) is 12.1 Å². The zero-order chi connectivity index (χ0) is 19.9. The van der Waals surface area contributed by atoms with Gasteiger partial charge in [0.05, 0.1) is 5.56 Å². The van der Waals surface area contributed by atoms with Crippen LogP contribution in [0.25, 0.3) is 6.08 Å². The van der Waals surface area contributed by atoms with E-state index in [9.17, 15) is 27.2 Å². The monoisotopic (exact) mass is 381 g/mol. The van der Waals surface area contributed by atoms with E-state index in [2.05, 4.69) is 5.32 Å². The van der Waals surface area contributed by atoms with Gasteiger partial charge >= 0.3 is 12.1 Å². The van der Waals surface area contributed by atoms with Gasteiger partial charge in [0.15, 0.2) is 6.61 Å². The van der Waals surface area contributed by atoms with Crippen LogP contribution in [0.4, 0.5) is 17.6 Å². The highest BCUT2D eigenvalue weighted by molar-refractivity contribution is 5.89. The van der Waals surface area contributed by atoms with Crippen molar-refractivity contribution in [2.24, 2.45) is 0 Å². The summed E-state index contributed by atoms with van der Waals surface area (Å²) in [5, 5.41) is 2.48. The molecule has 2 aromatic carbocycles. The molecule has 0 radical (unpaired) electrons. The molecule has 142 valence electrons. The van der Waals surface area contributed by atoms with Crippen molar-refractivity contribution in [3.8, 4) is 0 Å². The summed E-state index contributed by atoms with van der Waals surface area (Å²) in [6.45, 7) is -0.413. The molecule has 0 aliphatic rings. The van der Waals surface area contributed by atoms with Gasteiger partial charge in [-0.05, 0) is 41.5 Å². The fourth-order valence-electron chi connectivity index (χ4n) is 2.02. The molecule has 0 heterocycles. The molecule has 0 spiro atoms. The molecule has 8 heteroatoms. The van der Waals surface area contributed by atoms with E-state index in [1.807, 2.05) is 0 Å². The summed E-state index contributed by atoms with van der Waals surface area (Å²) in [5.41, 5.74) is 0.00115. The van der Waals surface area contributed by atoms with Crippen molar-refractivity contribution in [3.05, 3.63) is 77.1 Å². The van der Waals surface area contributed by atoms with E-state index in [0.29, 0.717) is 5.56 Å². The predicted molar refractivity (Wildman–Crippen MR) is 89.7 cm³/mol. The molecule has 27 heavy (non-hydrogen) atoms. The van der Waals surface area contributed by atoms with Crippen molar-refractivity contribution in [1.82, 2.24) is 5.32 Å². The minimum atomic E-state index is -4.48. The van der Waals surface area contributed by atoms with Gasteiger partial charge in [0.25, 0.3) is 5.91 Å². The third-order valence-corrected chi connectivity index (χ3v) is 3.37. The Morgan fingerprint density at radius 1 is 1.07 bits per heavy atom. The quantitative estimate of drug-likeness (QED) is 0.471. The molecule has 2 aromatic rings. The molecule has 0 fully saturated rings. The number of hydrogen-bond acceptors (Lipinski definition) is 3. The Labute approximate surface area is 152 Å². The Hall–Kier alpha value is -3.16. The largest absolute Gasteiger partial charge is 0.452 e. The molecule has 0 aliphatic carbocycles. The summed E-state index contributed by atoms with van der Waals surface area (Å²) in [5.74, 6) is -1.84. The first kappa shape index (κ1) is 20.2. The van der Waals surface area contributed by atoms with Gasteiger partial charge in [-0.3, -0.25) is 4.79 Å². The average molecular weight is 381 g/mol. The van der Waals surface area contributed by atoms with E-state index >= 15 is 0 Å². The topological polar surface area (TPSA) is 55.4 Å². The van der Waals surface area contributed by atoms with Crippen molar-refractivity contribution in [3.63, 3.8) is 0 Å². The lowest BCUT2D eigenvalue weighted by Crippen LogP contribution is -2.28. The minimum absolute atomic E-state index is 0.136. The van der Waals surface area contributed by atoms with Crippen LogP contribution in [0.1, 0.15) is 16.7 Å². The zero-order valence-electron chi connectivity index (χ0n) is 13.9. The van der Waals surface area contributed by atoms with Crippen LogP contribution in [-0.4, -0.2) is 18.5 Å². The molecular weight excluding hydrogens is 366 g/mol. The van der Waals surface area contributed by atoms with E-state index in [1.54, 1.807) is 0 Å². The van der Waals surface area contributed by atoms with Gasteiger partial charge in [0, 0.05) is 12.6 Å². The molecule has 0 atom stereocenters. The van der Waals surface area contributed by atoms with Gasteiger partial charge in [-0.25, -0.2) is 9.18 Å². The van der Waals surface area contributed by atoms with Crippen molar-refractivity contribution >= 4 is 18.0 Å². The molecule has 0 bridgehead atoms. The zero-order valence-corrected chi connectivity index (χ0v) is 13.9. The second kappa shape index (κ2) is 8.98. The van der Waals surface area contributed by atoms with Crippen molar-refractivity contribution in [2.45, 2.75) is 12.7 Å².